The number of anilines is 1. The van der Waals surface area contributed by atoms with Crippen LogP contribution in [0.4, 0.5) is 5.69 Å². The number of carbonyl (C=O) groups is 1. The number of primary amides is 1. The average molecular weight is 310 g/mol. The summed E-state index contributed by atoms with van der Waals surface area (Å²) in [6, 6.07) is 11.8. The van der Waals surface area contributed by atoms with E-state index in [0.717, 1.165) is 56.0 Å². The van der Waals surface area contributed by atoms with E-state index in [-0.39, 0.29) is 5.91 Å². The molecular formula is C18H22N4O. The lowest BCUT2D eigenvalue weighted by atomic mass is 10.0. The van der Waals surface area contributed by atoms with E-state index in [1.54, 1.807) is 6.20 Å². The summed E-state index contributed by atoms with van der Waals surface area (Å²) in [7, 11) is 0. The summed E-state index contributed by atoms with van der Waals surface area (Å²) in [6.45, 7) is 3.74. The first-order valence-electron chi connectivity index (χ1n) is 8.02. The predicted molar refractivity (Wildman–Crippen MR) is 91.7 cm³/mol. The Morgan fingerprint density at radius 1 is 1.22 bits per heavy atom. The number of amides is 1. The molecule has 1 amide bonds. The van der Waals surface area contributed by atoms with Gasteiger partial charge in [0.1, 0.15) is 0 Å². The Balaban J connectivity index is 1.91. The van der Waals surface area contributed by atoms with Gasteiger partial charge in [-0.3, -0.25) is 9.78 Å². The molecular weight excluding hydrogens is 288 g/mol. The third-order valence-corrected chi connectivity index (χ3v) is 4.12. The molecule has 2 aromatic rings. The minimum atomic E-state index is -0.374. The largest absolute Gasteiger partial charge is 0.370 e. The van der Waals surface area contributed by atoms with E-state index in [4.69, 9.17) is 5.73 Å². The first-order valence-corrected chi connectivity index (χ1v) is 8.02. The summed E-state index contributed by atoms with van der Waals surface area (Å²) in [5.41, 5.74) is 9.26. The Bertz CT molecular complexity index is 664. The van der Waals surface area contributed by atoms with Crippen LogP contribution in [0.2, 0.25) is 0 Å². The molecule has 0 unspecified atom stereocenters. The summed E-state index contributed by atoms with van der Waals surface area (Å²) < 4.78 is 0. The Kier molecular flexibility index (Phi) is 4.88. The van der Waals surface area contributed by atoms with Crippen molar-refractivity contribution in [2.75, 3.05) is 31.1 Å². The number of carbonyl (C=O) groups excluding carboxylic acids is 1. The number of nitrogens with one attached hydrogen (secondary N) is 1. The SMILES string of the molecule is NC(=O)c1ccc(Cc2ccccn2)cc1N1CCCNCC1. The van der Waals surface area contributed by atoms with E-state index >= 15 is 0 Å². The van der Waals surface area contributed by atoms with Crippen LogP contribution in [0.15, 0.2) is 42.6 Å². The Morgan fingerprint density at radius 2 is 2.13 bits per heavy atom. The summed E-state index contributed by atoms with van der Waals surface area (Å²) in [4.78, 5) is 18.4. The van der Waals surface area contributed by atoms with Crippen molar-refractivity contribution in [1.29, 1.82) is 0 Å². The van der Waals surface area contributed by atoms with Crippen molar-refractivity contribution in [3.8, 4) is 0 Å². The molecule has 1 saturated heterocycles. The van der Waals surface area contributed by atoms with E-state index in [0.29, 0.717) is 5.56 Å². The molecule has 0 atom stereocenters. The Morgan fingerprint density at radius 3 is 2.91 bits per heavy atom. The maximum atomic E-state index is 11.8. The van der Waals surface area contributed by atoms with Gasteiger partial charge in [0.05, 0.1) is 5.56 Å². The standard InChI is InChI=1S/C18H22N4O/c19-18(23)16-6-5-14(12-15-4-1-2-8-21-15)13-17(16)22-10-3-7-20-9-11-22/h1-2,4-6,8,13,20H,3,7,9-12H2,(H2,19,23). The highest BCUT2D eigenvalue weighted by Gasteiger charge is 2.17. The molecule has 0 saturated carbocycles. The van der Waals surface area contributed by atoms with Crippen molar-refractivity contribution in [1.82, 2.24) is 10.3 Å². The summed E-state index contributed by atoms with van der Waals surface area (Å²) >= 11 is 0. The number of pyridine rings is 1. The first kappa shape index (κ1) is 15.5. The van der Waals surface area contributed by atoms with Gasteiger partial charge in [0, 0.05) is 43.6 Å². The molecule has 5 heteroatoms. The van der Waals surface area contributed by atoms with Crippen molar-refractivity contribution in [2.24, 2.45) is 5.73 Å². The quantitative estimate of drug-likeness (QED) is 0.899. The van der Waals surface area contributed by atoms with Crippen molar-refractivity contribution in [3.05, 3.63) is 59.4 Å². The number of rotatable bonds is 4. The molecule has 2 heterocycles. The van der Waals surface area contributed by atoms with Gasteiger partial charge in [0.2, 0.25) is 0 Å². The molecule has 1 aromatic heterocycles. The van der Waals surface area contributed by atoms with E-state index in [1.807, 2.05) is 30.3 Å². The van der Waals surface area contributed by atoms with Crippen molar-refractivity contribution < 1.29 is 4.79 Å². The van der Waals surface area contributed by atoms with Crippen molar-refractivity contribution in [3.63, 3.8) is 0 Å². The van der Waals surface area contributed by atoms with Crippen molar-refractivity contribution >= 4 is 11.6 Å². The Labute approximate surface area is 136 Å². The average Bonchev–Trinajstić information content (AvgIpc) is 2.85. The maximum absolute atomic E-state index is 11.8. The van der Waals surface area contributed by atoms with Gasteiger partial charge in [-0.05, 0) is 42.8 Å². The number of nitrogens with zero attached hydrogens (tertiary/aromatic N) is 2. The topological polar surface area (TPSA) is 71.2 Å². The maximum Gasteiger partial charge on any atom is 0.250 e. The third-order valence-electron chi connectivity index (χ3n) is 4.12. The van der Waals surface area contributed by atoms with E-state index in [2.05, 4.69) is 21.3 Å². The number of hydrogen-bond acceptors (Lipinski definition) is 4. The molecule has 1 aliphatic rings. The highest BCUT2D eigenvalue weighted by molar-refractivity contribution is 5.98. The number of hydrogen-bond donors (Lipinski definition) is 2. The third kappa shape index (κ3) is 3.87. The molecule has 23 heavy (non-hydrogen) atoms. The van der Waals surface area contributed by atoms with Crippen LogP contribution in [0.3, 0.4) is 0 Å². The van der Waals surface area contributed by atoms with Gasteiger partial charge in [-0.2, -0.15) is 0 Å². The molecule has 0 bridgehead atoms. The van der Waals surface area contributed by atoms with Crippen LogP contribution < -0.4 is 16.0 Å². The predicted octanol–water partition coefficient (Wildman–Crippen LogP) is 1.57. The zero-order valence-electron chi connectivity index (χ0n) is 13.2. The van der Waals surface area contributed by atoms with Gasteiger partial charge in [-0.15, -0.1) is 0 Å². The molecule has 0 radical (unpaired) electrons. The highest BCUT2D eigenvalue weighted by atomic mass is 16.1. The monoisotopic (exact) mass is 310 g/mol. The van der Waals surface area contributed by atoms with Gasteiger partial charge in [-0.25, -0.2) is 0 Å². The van der Waals surface area contributed by atoms with Gasteiger partial charge in [0.25, 0.3) is 5.91 Å². The molecule has 5 nitrogen and oxygen atoms in total. The van der Waals surface area contributed by atoms with E-state index in [9.17, 15) is 4.79 Å². The lowest BCUT2D eigenvalue weighted by Gasteiger charge is -2.25. The van der Waals surface area contributed by atoms with Crippen LogP contribution in [0, 0.1) is 0 Å². The number of benzene rings is 1. The second kappa shape index (κ2) is 7.24. The zero-order chi connectivity index (χ0) is 16.1. The summed E-state index contributed by atoms with van der Waals surface area (Å²) in [5, 5.41) is 3.38. The molecule has 3 N–H and O–H groups in total. The molecule has 0 spiro atoms. The zero-order valence-corrected chi connectivity index (χ0v) is 13.2. The van der Waals surface area contributed by atoms with Crippen LogP contribution >= 0.6 is 0 Å². The molecule has 1 aromatic carbocycles. The highest BCUT2D eigenvalue weighted by Crippen LogP contribution is 2.24. The Hall–Kier alpha value is -2.40. The summed E-state index contributed by atoms with van der Waals surface area (Å²) in [5.74, 6) is -0.374. The summed E-state index contributed by atoms with van der Waals surface area (Å²) in [6.07, 6.45) is 3.61. The fourth-order valence-corrected chi connectivity index (χ4v) is 2.96. The minimum absolute atomic E-state index is 0.374. The first-order chi connectivity index (χ1) is 11.2. The van der Waals surface area contributed by atoms with Crippen molar-refractivity contribution in [2.45, 2.75) is 12.8 Å². The smallest absolute Gasteiger partial charge is 0.250 e. The number of aromatic nitrogens is 1. The van der Waals surface area contributed by atoms with E-state index < -0.39 is 0 Å². The molecule has 1 aliphatic heterocycles. The fourth-order valence-electron chi connectivity index (χ4n) is 2.96. The van der Waals surface area contributed by atoms with Gasteiger partial charge in [-0.1, -0.05) is 12.1 Å². The normalized spacial score (nSPS) is 15.2. The van der Waals surface area contributed by atoms with Crippen LogP contribution in [-0.2, 0) is 6.42 Å². The van der Waals surface area contributed by atoms with Gasteiger partial charge < -0.3 is 16.0 Å². The molecule has 0 aliphatic carbocycles. The minimum Gasteiger partial charge on any atom is -0.370 e. The van der Waals surface area contributed by atoms with Crippen LogP contribution in [0.5, 0.6) is 0 Å². The molecule has 1 fully saturated rings. The van der Waals surface area contributed by atoms with Crippen LogP contribution in [-0.4, -0.2) is 37.1 Å². The van der Waals surface area contributed by atoms with Gasteiger partial charge in [0.15, 0.2) is 0 Å². The second-order valence-electron chi connectivity index (χ2n) is 5.80. The van der Waals surface area contributed by atoms with Crippen LogP contribution in [0.25, 0.3) is 0 Å². The van der Waals surface area contributed by atoms with E-state index in [1.165, 1.54) is 0 Å². The van der Waals surface area contributed by atoms with Gasteiger partial charge >= 0.3 is 0 Å². The number of nitrogens with two attached hydrogens (primary N) is 1. The molecule has 120 valence electrons. The second-order valence-corrected chi connectivity index (χ2v) is 5.80. The molecule has 3 rings (SSSR count). The lowest BCUT2D eigenvalue weighted by molar-refractivity contribution is 0.100. The lowest BCUT2D eigenvalue weighted by Crippen LogP contribution is -2.30. The van der Waals surface area contributed by atoms with Crippen LogP contribution in [0.1, 0.15) is 28.0 Å². The fraction of sp³-hybridized carbons (Fsp3) is 0.333.